The van der Waals surface area contributed by atoms with E-state index in [4.69, 9.17) is 4.74 Å². The second-order valence-corrected chi connectivity index (χ2v) is 9.36. The smallest absolute Gasteiger partial charge is 0.337 e. The molecule has 1 aliphatic heterocycles. The molecular formula is C32H27N5O5. The first-order valence-corrected chi connectivity index (χ1v) is 13.0. The number of anilines is 5. The monoisotopic (exact) mass is 561 g/mol. The minimum absolute atomic E-state index is 0.177. The predicted molar refractivity (Wildman–Crippen MR) is 163 cm³/mol. The van der Waals surface area contributed by atoms with Gasteiger partial charge in [-0.3, -0.25) is 9.59 Å². The molecule has 4 amide bonds. The van der Waals surface area contributed by atoms with Gasteiger partial charge in [-0.25, -0.2) is 9.59 Å². The summed E-state index contributed by atoms with van der Waals surface area (Å²) >= 11 is 0. The van der Waals surface area contributed by atoms with Crippen molar-refractivity contribution in [1.29, 1.82) is 0 Å². The number of carbonyl (C=O) groups excluding carboxylic acids is 4. The lowest BCUT2D eigenvalue weighted by atomic mass is 9.99. The predicted octanol–water partition coefficient (Wildman–Crippen LogP) is 6.01. The standard InChI is InChI=1S/C32H27N5O5/c1-19(38)33-22-9-13-24(14-10-22)35-32(41)36-25-15-11-23(12-16-25)34-29(20-6-4-3-5-7-20)28-26-17-8-21(31(40)42-2)18-27(26)37-30(28)39/h3-18,34H,1-2H3,(H,33,38)(H,37,39)(H2,35,36,41)/b29-28-. The Labute approximate surface area is 241 Å². The zero-order chi connectivity index (χ0) is 29.6. The molecule has 4 aromatic carbocycles. The molecule has 0 saturated carbocycles. The van der Waals surface area contributed by atoms with Crippen molar-refractivity contribution in [2.45, 2.75) is 6.92 Å². The van der Waals surface area contributed by atoms with Crippen molar-refractivity contribution in [3.63, 3.8) is 0 Å². The van der Waals surface area contributed by atoms with Gasteiger partial charge in [0.25, 0.3) is 5.91 Å². The number of rotatable bonds is 7. The maximum Gasteiger partial charge on any atom is 0.337 e. The molecule has 0 aromatic heterocycles. The third-order valence-corrected chi connectivity index (χ3v) is 6.37. The molecule has 0 atom stereocenters. The minimum atomic E-state index is -0.492. The Morgan fingerprint density at radius 1 is 0.667 bits per heavy atom. The zero-order valence-corrected chi connectivity index (χ0v) is 22.8. The first-order chi connectivity index (χ1) is 20.3. The molecule has 0 saturated heterocycles. The molecule has 5 rings (SSSR count). The number of esters is 1. The first kappa shape index (κ1) is 27.7. The SMILES string of the molecule is COC(=O)c1ccc2c(c1)NC(=O)/C2=C(\Nc1ccc(NC(=O)Nc2ccc(NC(C)=O)cc2)cc1)c1ccccc1. The number of benzene rings is 4. The quantitative estimate of drug-likeness (QED) is 0.138. The number of hydrogen-bond acceptors (Lipinski definition) is 6. The molecule has 0 aliphatic carbocycles. The third kappa shape index (κ3) is 6.28. The Balaban J connectivity index is 1.35. The molecule has 10 heteroatoms. The molecule has 1 heterocycles. The van der Waals surface area contributed by atoms with Crippen LogP contribution in [-0.2, 0) is 14.3 Å². The lowest BCUT2D eigenvalue weighted by Crippen LogP contribution is -2.19. The van der Waals surface area contributed by atoms with Crippen LogP contribution in [0.5, 0.6) is 0 Å². The Bertz CT molecular complexity index is 1700. The molecule has 0 bridgehead atoms. The van der Waals surface area contributed by atoms with Gasteiger partial charge < -0.3 is 31.3 Å². The van der Waals surface area contributed by atoms with Gasteiger partial charge in [-0.1, -0.05) is 36.4 Å². The molecule has 0 radical (unpaired) electrons. The summed E-state index contributed by atoms with van der Waals surface area (Å²) in [7, 11) is 1.30. The first-order valence-electron chi connectivity index (χ1n) is 13.0. The van der Waals surface area contributed by atoms with Crippen LogP contribution >= 0.6 is 0 Å². The lowest BCUT2D eigenvalue weighted by Gasteiger charge is -2.15. The summed E-state index contributed by atoms with van der Waals surface area (Å²) in [5, 5.41) is 14.4. The van der Waals surface area contributed by atoms with Crippen molar-refractivity contribution in [3.8, 4) is 0 Å². The van der Waals surface area contributed by atoms with E-state index in [1.165, 1.54) is 14.0 Å². The van der Waals surface area contributed by atoms with Crippen molar-refractivity contribution in [1.82, 2.24) is 0 Å². The average Bonchev–Trinajstić information content (AvgIpc) is 3.32. The van der Waals surface area contributed by atoms with Crippen LogP contribution in [0.25, 0.3) is 11.3 Å². The van der Waals surface area contributed by atoms with Crippen LogP contribution in [0.2, 0.25) is 0 Å². The second-order valence-electron chi connectivity index (χ2n) is 9.36. The number of fused-ring (bicyclic) bond motifs is 1. The van der Waals surface area contributed by atoms with Gasteiger partial charge in [-0.05, 0) is 66.2 Å². The number of amides is 4. The van der Waals surface area contributed by atoms with Gasteiger partial charge in [0.2, 0.25) is 5.91 Å². The Morgan fingerprint density at radius 2 is 1.21 bits per heavy atom. The van der Waals surface area contributed by atoms with E-state index in [0.717, 1.165) is 5.56 Å². The van der Waals surface area contributed by atoms with Crippen LogP contribution in [0.15, 0.2) is 97.1 Å². The van der Waals surface area contributed by atoms with Crippen molar-refractivity contribution in [2.75, 3.05) is 33.7 Å². The van der Waals surface area contributed by atoms with Crippen LogP contribution < -0.4 is 26.6 Å². The summed E-state index contributed by atoms with van der Waals surface area (Å²) in [6, 6.07) is 27.7. The van der Waals surface area contributed by atoms with Crippen molar-refractivity contribution in [3.05, 3.63) is 114 Å². The average molecular weight is 562 g/mol. The van der Waals surface area contributed by atoms with Crippen LogP contribution in [-0.4, -0.2) is 30.9 Å². The highest BCUT2D eigenvalue weighted by atomic mass is 16.5. The molecule has 5 N–H and O–H groups in total. The molecule has 42 heavy (non-hydrogen) atoms. The van der Waals surface area contributed by atoms with Gasteiger partial charge >= 0.3 is 12.0 Å². The topological polar surface area (TPSA) is 138 Å². The van der Waals surface area contributed by atoms with Crippen LogP contribution in [0.1, 0.15) is 28.4 Å². The van der Waals surface area contributed by atoms with Gasteiger partial charge in [0.15, 0.2) is 0 Å². The van der Waals surface area contributed by atoms with Gasteiger partial charge in [0.1, 0.15) is 0 Å². The molecule has 0 unspecified atom stereocenters. The molecule has 210 valence electrons. The molecule has 0 fully saturated rings. The summed E-state index contributed by atoms with van der Waals surface area (Å²) in [6.07, 6.45) is 0. The van der Waals surface area contributed by atoms with Crippen molar-refractivity contribution >= 4 is 63.5 Å². The van der Waals surface area contributed by atoms with E-state index < -0.39 is 12.0 Å². The Kier molecular flexibility index (Phi) is 7.96. The highest BCUT2D eigenvalue weighted by Gasteiger charge is 2.29. The summed E-state index contributed by atoms with van der Waals surface area (Å²) in [4.78, 5) is 48.9. The van der Waals surface area contributed by atoms with Crippen molar-refractivity contribution < 1.29 is 23.9 Å². The zero-order valence-electron chi connectivity index (χ0n) is 22.8. The van der Waals surface area contributed by atoms with Gasteiger partial charge in [-0.15, -0.1) is 0 Å². The van der Waals surface area contributed by atoms with E-state index in [1.54, 1.807) is 66.7 Å². The number of urea groups is 1. The van der Waals surface area contributed by atoms with Gasteiger partial charge in [-0.2, -0.15) is 0 Å². The fraction of sp³-hybridized carbons (Fsp3) is 0.0625. The van der Waals surface area contributed by atoms with Crippen LogP contribution in [0, 0.1) is 0 Å². The van der Waals surface area contributed by atoms with E-state index in [1.807, 2.05) is 30.3 Å². The van der Waals surface area contributed by atoms with E-state index in [-0.39, 0.29) is 11.8 Å². The van der Waals surface area contributed by atoms with Gasteiger partial charge in [0, 0.05) is 35.2 Å². The Hall–Kier alpha value is -5.90. The number of nitrogens with one attached hydrogen (secondary N) is 5. The fourth-order valence-electron chi connectivity index (χ4n) is 4.46. The molecule has 1 aliphatic rings. The Morgan fingerprint density at radius 3 is 1.76 bits per heavy atom. The molecule has 4 aromatic rings. The van der Waals surface area contributed by atoms with E-state index >= 15 is 0 Å². The minimum Gasteiger partial charge on any atom is -0.465 e. The van der Waals surface area contributed by atoms with Crippen LogP contribution in [0.4, 0.5) is 33.2 Å². The van der Waals surface area contributed by atoms with Gasteiger partial charge in [0.05, 0.1) is 29.6 Å². The highest BCUT2D eigenvalue weighted by Crippen LogP contribution is 2.38. The summed E-state index contributed by atoms with van der Waals surface area (Å²) in [5.74, 6) is -0.976. The van der Waals surface area contributed by atoms with E-state index in [2.05, 4.69) is 26.6 Å². The van der Waals surface area contributed by atoms with E-state index in [0.29, 0.717) is 50.8 Å². The maximum absolute atomic E-state index is 13.2. The largest absolute Gasteiger partial charge is 0.465 e. The maximum atomic E-state index is 13.2. The highest BCUT2D eigenvalue weighted by molar-refractivity contribution is 6.37. The normalized spacial score (nSPS) is 12.9. The number of carbonyl (C=O) groups is 4. The molecule has 10 nitrogen and oxygen atoms in total. The van der Waals surface area contributed by atoms with Crippen molar-refractivity contribution in [2.24, 2.45) is 0 Å². The lowest BCUT2D eigenvalue weighted by molar-refractivity contribution is -0.114. The molecule has 0 spiro atoms. The summed E-state index contributed by atoms with van der Waals surface area (Å²) < 4.78 is 4.81. The van der Waals surface area contributed by atoms with E-state index in [9.17, 15) is 19.2 Å². The molecular weight excluding hydrogens is 534 g/mol. The van der Waals surface area contributed by atoms with Crippen LogP contribution in [0.3, 0.4) is 0 Å². The third-order valence-electron chi connectivity index (χ3n) is 6.37. The number of methoxy groups -OCH3 is 1. The number of ether oxygens (including phenoxy) is 1. The summed E-state index contributed by atoms with van der Waals surface area (Å²) in [6.45, 7) is 1.42. The second kappa shape index (κ2) is 12.1. The fourth-order valence-corrected chi connectivity index (χ4v) is 4.46. The number of hydrogen-bond donors (Lipinski definition) is 5. The summed E-state index contributed by atoms with van der Waals surface area (Å²) in [5.41, 5.74) is 5.74.